The molecule has 142 valence electrons. The Morgan fingerprint density at radius 2 is 1.88 bits per heavy atom. The molecular formula is C20H28FN3O2. The number of piperidine rings is 1. The lowest BCUT2D eigenvalue weighted by Crippen LogP contribution is -2.57. The first-order chi connectivity index (χ1) is 12.5. The molecule has 26 heavy (non-hydrogen) atoms. The van der Waals surface area contributed by atoms with Crippen LogP contribution in [0.4, 0.5) is 14.9 Å². The number of carbonyl (C=O) groups excluding carboxylic acids is 1. The second kappa shape index (κ2) is 7.16. The number of amides is 2. The molecule has 3 fully saturated rings. The number of hydrogen-bond donors (Lipinski definition) is 1. The first-order valence-electron chi connectivity index (χ1n) is 9.73. The number of benzene rings is 1. The molecule has 5 nitrogen and oxygen atoms in total. The van der Waals surface area contributed by atoms with E-state index in [1.54, 1.807) is 12.1 Å². The summed E-state index contributed by atoms with van der Waals surface area (Å²) in [5.41, 5.74) is 1.58. The smallest absolute Gasteiger partial charge is 0.321 e. The van der Waals surface area contributed by atoms with Crippen LogP contribution in [0.3, 0.4) is 0 Å². The summed E-state index contributed by atoms with van der Waals surface area (Å²) >= 11 is 0. The summed E-state index contributed by atoms with van der Waals surface area (Å²) in [6, 6.07) is 4.84. The van der Waals surface area contributed by atoms with Crippen molar-refractivity contribution in [3.8, 4) is 0 Å². The fourth-order valence-electron chi connectivity index (χ4n) is 4.14. The van der Waals surface area contributed by atoms with Gasteiger partial charge in [0.1, 0.15) is 5.82 Å². The second-order valence-electron chi connectivity index (χ2n) is 8.02. The largest absolute Gasteiger partial charge is 0.379 e. The van der Waals surface area contributed by atoms with Crippen LogP contribution in [0.2, 0.25) is 0 Å². The zero-order valence-electron chi connectivity index (χ0n) is 15.5. The van der Waals surface area contributed by atoms with Gasteiger partial charge in [-0.3, -0.25) is 4.90 Å². The minimum absolute atomic E-state index is 0.0811. The number of nitrogens with zero attached hydrogens (tertiary/aromatic N) is 2. The minimum atomic E-state index is -0.162. The quantitative estimate of drug-likeness (QED) is 0.897. The summed E-state index contributed by atoms with van der Waals surface area (Å²) in [4.78, 5) is 17.0. The van der Waals surface area contributed by atoms with Gasteiger partial charge in [0, 0.05) is 37.4 Å². The Hall–Kier alpha value is -1.66. The van der Waals surface area contributed by atoms with Gasteiger partial charge in [-0.05, 0) is 62.3 Å². The summed E-state index contributed by atoms with van der Waals surface area (Å²) in [5.74, 6) is 0.167. The molecule has 3 aliphatic rings. The summed E-state index contributed by atoms with van der Waals surface area (Å²) < 4.78 is 19.3. The van der Waals surface area contributed by atoms with Crippen molar-refractivity contribution in [1.82, 2.24) is 9.80 Å². The SMILES string of the molecule is CC1(N2CCOCC2)CCN(C(=O)Nc2ccc(F)c(C3CC3)c2)CC1. The lowest BCUT2D eigenvalue weighted by atomic mass is 9.87. The number of anilines is 1. The fourth-order valence-corrected chi connectivity index (χ4v) is 4.14. The zero-order chi connectivity index (χ0) is 18.1. The normalized spacial score (nSPS) is 23.7. The molecule has 0 radical (unpaired) electrons. The van der Waals surface area contributed by atoms with Gasteiger partial charge in [0.15, 0.2) is 0 Å². The van der Waals surface area contributed by atoms with Crippen molar-refractivity contribution in [3.63, 3.8) is 0 Å². The highest BCUT2D eigenvalue weighted by Gasteiger charge is 2.37. The van der Waals surface area contributed by atoms with Crippen molar-refractivity contribution in [2.45, 2.75) is 44.1 Å². The molecule has 1 aromatic carbocycles. The average molecular weight is 361 g/mol. The van der Waals surface area contributed by atoms with Crippen molar-refractivity contribution in [1.29, 1.82) is 0 Å². The van der Waals surface area contributed by atoms with Crippen LogP contribution in [0.15, 0.2) is 18.2 Å². The maximum atomic E-state index is 13.9. The monoisotopic (exact) mass is 361 g/mol. The van der Waals surface area contributed by atoms with E-state index in [4.69, 9.17) is 4.74 Å². The number of nitrogens with one attached hydrogen (secondary N) is 1. The summed E-state index contributed by atoms with van der Waals surface area (Å²) in [6.45, 7) is 7.34. The highest BCUT2D eigenvalue weighted by molar-refractivity contribution is 5.89. The molecule has 0 aromatic heterocycles. The van der Waals surface area contributed by atoms with Crippen molar-refractivity contribution >= 4 is 11.7 Å². The number of halogens is 1. The fraction of sp³-hybridized carbons (Fsp3) is 0.650. The molecule has 0 atom stereocenters. The summed E-state index contributed by atoms with van der Waals surface area (Å²) in [7, 11) is 0. The Morgan fingerprint density at radius 3 is 2.54 bits per heavy atom. The Kier molecular flexibility index (Phi) is 4.88. The molecule has 4 rings (SSSR count). The molecule has 0 bridgehead atoms. The summed E-state index contributed by atoms with van der Waals surface area (Å²) in [6.07, 6.45) is 4.02. The molecular weight excluding hydrogens is 333 g/mol. The van der Waals surface area contributed by atoms with Crippen LogP contribution in [0, 0.1) is 5.82 Å². The number of carbonyl (C=O) groups is 1. The zero-order valence-corrected chi connectivity index (χ0v) is 15.5. The van der Waals surface area contributed by atoms with Gasteiger partial charge in [-0.25, -0.2) is 9.18 Å². The number of ether oxygens (including phenoxy) is 1. The third-order valence-corrected chi connectivity index (χ3v) is 6.17. The molecule has 2 amide bonds. The van der Waals surface area contributed by atoms with E-state index in [0.29, 0.717) is 11.6 Å². The van der Waals surface area contributed by atoms with E-state index >= 15 is 0 Å². The van der Waals surface area contributed by atoms with E-state index in [0.717, 1.165) is 70.6 Å². The van der Waals surface area contributed by atoms with Crippen LogP contribution in [-0.4, -0.2) is 60.8 Å². The molecule has 0 spiro atoms. The predicted molar refractivity (Wildman–Crippen MR) is 99.0 cm³/mol. The van der Waals surface area contributed by atoms with E-state index in [9.17, 15) is 9.18 Å². The molecule has 0 unspecified atom stereocenters. The van der Waals surface area contributed by atoms with E-state index in [-0.39, 0.29) is 17.4 Å². The van der Waals surface area contributed by atoms with Crippen LogP contribution >= 0.6 is 0 Å². The Morgan fingerprint density at radius 1 is 1.19 bits per heavy atom. The second-order valence-corrected chi connectivity index (χ2v) is 8.02. The molecule has 2 saturated heterocycles. The molecule has 1 aliphatic carbocycles. The molecule has 6 heteroatoms. The van der Waals surface area contributed by atoms with E-state index in [1.807, 2.05) is 4.90 Å². The number of likely N-dealkylation sites (tertiary alicyclic amines) is 1. The van der Waals surface area contributed by atoms with Gasteiger partial charge in [-0.2, -0.15) is 0 Å². The van der Waals surface area contributed by atoms with E-state index in [2.05, 4.69) is 17.1 Å². The van der Waals surface area contributed by atoms with Gasteiger partial charge >= 0.3 is 6.03 Å². The Bertz CT molecular complexity index is 663. The first-order valence-corrected chi connectivity index (χ1v) is 9.73. The standard InChI is InChI=1S/C20H28FN3O2/c1-20(24-10-12-26-13-11-24)6-8-23(9-7-20)19(25)22-16-4-5-18(21)17(14-16)15-2-3-15/h4-5,14-15H,2-3,6-13H2,1H3,(H,22,25). The van der Waals surface area contributed by atoms with Gasteiger partial charge in [0.25, 0.3) is 0 Å². The summed E-state index contributed by atoms with van der Waals surface area (Å²) in [5, 5.41) is 2.96. The molecule has 1 aromatic rings. The topological polar surface area (TPSA) is 44.8 Å². The van der Waals surface area contributed by atoms with Crippen molar-refractivity contribution < 1.29 is 13.9 Å². The van der Waals surface area contributed by atoms with Gasteiger partial charge in [-0.1, -0.05) is 0 Å². The maximum absolute atomic E-state index is 13.9. The van der Waals surface area contributed by atoms with Crippen LogP contribution < -0.4 is 5.32 Å². The van der Waals surface area contributed by atoms with Crippen molar-refractivity contribution in [2.75, 3.05) is 44.7 Å². The average Bonchev–Trinajstić information content (AvgIpc) is 3.50. The lowest BCUT2D eigenvalue weighted by molar-refractivity contribution is -0.0352. The number of urea groups is 1. The van der Waals surface area contributed by atoms with Gasteiger partial charge in [-0.15, -0.1) is 0 Å². The Labute approximate surface area is 154 Å². The highest BCUT2D eigenvalue weighted by Crippen LogP contribution is 2.42. The van der Waals surface area contributed by atoms with Crippen molar-refractivity contribution in [2.24, 2.45) is 0 Å². The van der Waals surface area contributed by atoms with Gasteiger partial charge < -0.3 is 15.0 Å². The van der Waals surface area contributed by atoms with Crippen LogP contribution in [-0.2, 0) is 4.74 Å². The van der Waals surface area contributed by atoms with Crippen LogP contribution in [0.1, 0.15) is 44.1 Å². The molecule has 1 N–H and O–H groups in total. The predicted octanol–water partition coefficient (Wildman–Crippen LogP) is 3.42. The van der Waals surface area contributed by atoms with Gasteiger partial charge in [0.2, 0.25) is 0 Å². The Balaban J connectivity index is 1.34. The van der Waals surface area contributed by atoms with E-state index < -0.39 is 0 Å². The maximum Gasteiger partial charge on any atom is 0.321 e. The number of rotatable bonds is 3. The van der Waals surface area contributed by atoms with Crippen molar-refractivity contribution in [3.05, 3.63) is 29.6 Å². The van der Waals surface area contributed by atoms with E-state index in [1.165, 1.54) is 6.07 Å². The molecule has 2 aliphatic heterocycles. The van der Waals surface area contributed by atoms with Crippen LogP contribution in [0.5, 0.6) is 0 Å². The highest BCUT2D eigenvalue weighted by atomic mass is 19.1. The van der Waals surface area contributed by atoms with Crippen LogP contribution in [0.25, 0.3) is 0 Å². The number of hydrogen-bond acceptors (Lipinski definition) is 3. The number of morpholine rings is 1. The lowest BCUT2D eigenvalue weighted by Gasteiger charge is -2.48. The first kappa shape index (κ1) is 17.7. The third-order valence-electron chi connectivity index (χ3n) is 6.17. The van der Waals surface area contributed by atoms with Gasteiger partial charge in [0.05, 0.1) is 13.2 Å². The molecule has 2 heterocycles. The third kappa shape index (κ3) is 3.71. The molecule has 1 saturated carbocycles. The minimum Gasteiger partial charge on any atom is -0.379 e.